The second-order valence-corrected chi connectivity index (χ2v) is 4.64. The number of aromatic nitrogens is 2. The molecule has 8 nitrogen and oxygen atoms in total. The van der Waals surface area contributed by atoms with Crippen molar-refractivity contribution in [3.8, 4) is 0 Å². The topological polar surface area (TPSA) is 109 Å². The monoisotopic (exact) mass is 276 g/mol. The molecular weight excluding hydrogens is 264 g/mol. The van der Waals surface area contributed by atoms with Crippen LogP contribution in [0.3, 0.4) is 0 Å². The number of benzene rings is 1. The summed E-state index contributed by atoms with van der Waals surface area (Å²) in [6.07, 6.45) is 0.471. The minimum absolute atomic E-state index is 0.216. The van der Waals surface area contributed by atoms with Crippen LogP contribution in [0.1, 0.15) is 6.42 Å². The lowest BCUT2D eigenvalue weighted by molar-refractivity contribution is -0.141. The number of anilines is 1. The molecule has 1 aliphatic rings. The molecule has 3 rings (SSSR count). The van der Waals surface area contributed by atoms with Crippen molar-refractivity contribution in [2.45, 2.75) is 6.42 Å². The van der Waals surface area contributed by atoms with Gasteiger partial charge in [0.25, 0.3) is 0 Å². The number of hydrogen-bond donors (Lipinski definition) is 2. The van der Waals surface area contributed by atoms with Crippen LogP contribution in [0.5, 0.6) is 0 Å². The molecule has 104 valence electrons. The van der Waals surface area contributed by atoms with Gasteiger partial charge in [-0.1, -0.05) is 6.07 Å². The van der Waals surface area contributed by atoms with Crippen molar-refractivity contribution in [3.63, 3.8) is 0 Å². The minimum atomic E-state index is -0.872. The Morgan fingerprint density at radius 3 is 3.00 bits per heavy atom. The number of urea groups is 1. The Hall–Kier alpha value is -2.64. The van der Waals surface area contributed by atoms with Crippen LogP contribution >= 0.6 is 0 Å². The van der Waals surface area contributed by atoms with E-state index in [2.05, 4.69) is 20.3 Å². The number of hydrogen-bond acceptors (Lipinski definition) is 5. The Bertz CT molecular complexity index is 668. The number of likely N-dealkylation sites (tertiary alicyclic amines) is 1. The number of carboxylic acids is 1. The van der Waals surface area contributed by atoms with E-state index < -0.39 is 11.9 Å². The molecule has 8 heteroatoms. The summed E-state index contributed by atoms with van der Waals surface area (Å²) in [6.45, 7) is 0.643. The van der Waals surface area contributed by atoms with Crippen LogP contribution in [0.4, 0.5) is 10.5 Å². The summed E-state index contributed by atoms with van der Waals surface area (Å²) < 4.78 is 4.62. The van der Waals surface area contributed by atoms with Gasteiger partial charge in [-0.05, 0) is 28.9 Å². The highest BCUT2D eigenvalue weighted by molar-refractivity contribution is 5.98. The van der Waals surface area contributed by atoms with Gasteiger partial charge >= 0.3 is 12.0 Å². The van der Waals surface area contributed by atoms with Crippen molar-refractivity contribution in [2.75, 3.05) is 18.4 Å². The van der Waals surface area contributed by atoms with Gasteiger partial charge < -0.3 is 15.3 Å². The average molecular weight is 276 g/mol. The number of nitrogens with one attached hydrogen (secondary N) is 1. The fraction of sp³-hybridized carbons (Fsp3) is 0.333. The van der Waals surface area contributed by atoms with Gasteiger partial charge in [0.1, 0.15) is 5.52 Å². The lowest BCUT2D eigenvalue weighted by Crippen LogP contribution is -2.33. The summed E-state index contributed by atoms with van der Waals surface area (Å²) in [4.78, 5) is 24.4. The number of amides is 2. The molecule has 1 aliphatic heterocycles. The predicted octanol–water partition coefficient (Wildman–Crippen LogP) is 1.16. The lowest BCUT2D eigenvalue weighted by atomic mass is 10.1. The van der Waals surface area contributed by atoms with E-state index in [1.54, 1.807) is 18.2 Å². The van der Waals surface area contributed by atoms with Gasteiger partial charge in [-0.2, -0.15) is 0 Å². The van der Waals surface area contributed by atoms with Gasteiger partial charge in [-0.15, -0.1) is 0 Å². The van der Waals surface area contributed by atoms with E-state index in [4.69, 9.17) is 5.11 Å². The Kier molecular flexibility index (Phi) is 2.97. The Morgan fingerprint density at radius 2 is 2.25 bits per heavy atom. The molecule has 1 unspecified atom stereocenters. The van der Waals surface area contributed by atoms with E-state index >= 15 is 0 Å². The third kappa shape index (κ3) is 2.15. The number of rotatable bonds is 2. The van der Waals surface area contributed by atoms with Gasteiger partial charge in [-0.25, -0.2) is 9.42 Å². The van der Waals surface area contributed by atoms with Crippen molar-refractivity contribution < 1.29 is 19.3 Å². The second-order valence-electron chi connectivity index (χ2n) is 4.64. The standard InChI is InChI=1S/C12H12N4O4/c17-11(18)7-4-5-16(6-7)12(19)13-8-2-1-3-9-10(8)15-20-14-9/h1-3,7H,4-6H2,(H,13,19)(H,17,18). The van der Waals surface area contributed by atoms with Crippen LogP contribution in [0.2, 0.25) is 0 Å². The molecule has 0 saturated carbocycles. The van der Waals surface area contributed by atoms with Crippen LogP contribution in [-0.4, -0.2) is 45.4 Å². The Balaban J connectivity index is 1.73. The molecule has 1 aromatic carbocycles. The van der Waals surface area contributed by atoms with Crippen molar-refractivity contribution in [1.29, 1.82) is 0 Å². The maximum absolute atomic E-state index is 12.1. The zero-order chi connectivity index (χ0) is 14.1. The zero-order valence-corrected chi connectivity index (χ0v) is 10.4. The fourth-order valence-electron chi connectivity index (χ4n) is 2.25. The normalized spacial score (nSPS) is 18.4. The molecule has 1 atom stereocenters. The van der Waals surface area contributed by atoms with Gasteiger partial charge in [0, 0.05) is 13.1 Å². The third-order valence-electron chi connectivity index (χ3n) is 3.35. The van der Waals surface area contributed by atoms with Crippen molar-refractivity contribution in [3.05, 3.63) is 18.2 Å². The van der Waals surface area contributed by atoms with Gasteiger partial charge in [0.2, 0.25) is 0 Å². The number of aliphatic carboxylic acids is 1. The summed E-state index contributed by atoms with van der Waals surface area (Å²) in [7, 11) is 0. The summed E-state index contributed by atoms with van der Waals surface area (Å²) >= 11 is 0. The molecule has 20 heavy (non-hydrogen) atoms. The largest absolute Gasteiger partial charge is 0.481 e. The lowest BCUT2D eigenvalue weighted by Gasteiger charge is -2.16. The van der Waals surface area contributed by atoms with Crippen LogP contribution in [0, 0.1) is 5.92 Å². The minimum Gasteiger partial charge on any atom is -0.481 e. The summed E-state index contributed by atoms with van der Waals surface area (Å²) in [5.74, 6) is -1.37. The first-order valence-electron chi connectivity index (χ1n) is 6.15. The van der Waals surface area contributed by atoms with Gasteiger partial charge in [0.05, 0.1) is 11.6 Å². The highest BCUT2D eigenvalue weighted by Crippen LogP contribution is 2.22. The molecule has 1 fully saturated rings. The first-order valence-corrected chi connectivity index (χ1v) is 6.15. The summed E-state index contributed by atoms with van der Waals surface area (Å²) in [5.41, 5.74) is 1.51. The number of carbonyl (C=O) groups excluding carboxylic acids is 1. The summed E-state index contributed by atoms with van der Waals surface area (Å²) in [5, 5.41) is 19.0. The Labute approximate surface area is 113 Å². The smallest absolute Gasteiger partial charge is 0.321 e. The quantitative estimate of drug-likeness (QED) is 0.852. The van der Waals surface area contributed by atoms with E-state index in [0.29, 0.717) is 29.7 Å². The maximum atomic E-state index is 12.1. The molecular formula is C12H12N4O4. The molecule has 2 heterocycles. The Morgan fingerprint density at radius 1 is 1.40 bits per heavy atom. The predicted molar refractivity (Wildman–Crippen MR) is 68.1 cm³/mol. The van der Waals surface area contributed by atoms with Crippen molar-refractivity contribution in [1.82, 2.24) is 15.2 Å². The van der Waals surface area contributed by atoms with Gasteiger partial charge in [-0.3, -0.25) is 4.79 Å². The van der Waals surface area contributed by atoms with Crippen LogP contribution in [-0.2, 0) is 4.79 Å². The van der Waals surface area contributed by atoms with Crippen molar-refractivity contribution >= 4 is 28.7 Å². The first kappa shape index (κ1) is 12.4. The second kappa shape index (κ2) is 4.80. The molecule has 0 bridgehead atoms. The third-order valence-corrected chi connectivity index (χ3v) is 3.35. The molecule has 2 aromatic rings. The van der Waals surface area contributed by atoms with Gasteiger partial charge in [0.15, 0.2) is 5.52 Å². The highest BCUT2D eigenvalue weighted by atomic mass is 16.6. The van der Waals surface area contributed by atoms with E-state index in [1.165, 1.54) is 4.90 Å². The fourth-order valence-corrected chi connectivity index (χ4v) is 2.25. The number of nitrogens with zero attached hydrogens (tertiary/aromatic N) is 3. The van der Waals surface area contributed by atoms with Crippen molar-refractivity contribution in [2.24, 2.45) is 5.92 Å². The molecule has 1 saturated heterocycles. The number of fused-ring (bicyclic) bond motifs is 1. The van der Waals surface area contributed by atoms with Crippen LogP contribution in [0.15, 0.2) is 22.8 Å². The molecule has 0 aliphatic carbocycles. The van der Waals surface area contributed by atoms with Crippen LogP contribution < -0.4 is 5.32 Å². The molecule has 0 radical (unpaired) electrons. The van der Waals surface area contributed by atoms with E-state index in [9.17, 15) is 9.59 Å². The maximum Gasteiger partial charge on any atom is 0.321 e. The molecule has 0 spiro atoms. The number of carbonyl (C=O) groups is 2. The SMILES string of the molecule is O=C(O)C1CCN(C(=O)Nc2cccc3nonc23)C1. The number of carboxylic acid groups (broad SMARTS) is 1. The van der Waals surface area contributed by atoms with Crippen LogP contribution in [0.25, 0.3) is 11.0 Å². The summed E-state index contributed by atoms with van der Waals surface area (Å²) in [6, 6.07) is 4.79. The highest BCUT2D eigenvalue weighted by Gasteiger charge is 2.31. The first-order chi connectivity index (χ1) is 9.65. The van der Waals surface area contributed by atoms with E-state index in [1.807, 2.05) is 0 Å². The zero-order valence-electron chi connectivity index (χ0n) is 10.4. The van der Waals surface area contributed by atoms with E-state index in [0.717, 1.165) is 0 Å². The molecule has 1 aromatic heterocycles. The molecule has 2 amide bonds. The molecule has 2 N–H and O–H groups in total. The average Bonchev–Trinajstić information content (AvgIpc) is 3.08. The van der Waals surface area contributed by atoms with E-state index in [-0.39, 0.29) is 12.6 Å².